The molecule has 0 bridgehead atoms. The number of rotatable bonds is 0. The lowest BCUT2D eigenvalue weighted by Crippen LogP contribution is -2.42. The molecule has 3 fully saturated rings. The molecule has 1 heterocycles. The first-order chi connectivity index (χ1) is 16.5. The van der Waals surface area contributed by atoms with Crippen molar-refractivity contribution in [1.29, 1.82) is 0 Å². The van der Waals surface area contributed by atoms with Gasteiger partial charge in [-0.25, -0.2) is 0 Å². The van der Waals surface area contributed by atoms with Gasteiger partial charge < -0.3 is 28.4 Å². The van der Waals surface area contributed by atoms with E-state index in [0.717, 1.165) is 25.7 Å². The highest BCUT2D eigenvalue weighted by Crippen LogP contribution is 2.39. The molecule has 208 valence electrons. The molecule has 0 N–H and O–H groups in total. The molecular formula is C29H56O6. The lowest BCUT2D eigenvalue weighted by molar-refractivity contribution is -0.137. The van der Waals surface area contributed by atoms with Gasteiger partial charge in [-0.2, -0.15) is 0 Å². The lowest BCUT2D eigenvalue weighted by Gasteiger charge is -2.41. The van der Waals surface area contributed by atoms with E-state index in [9.17, 15) is 0 Å². The molecule has 0 amide bonds. The number of hydrogen-bond acceptors (Lipinski definition) is 6. The number of hydrogen-bond donors (Lipinski definition) is 0. The summed E-state index contributed by atoms with van der Waals surface area (Å²) in [6.45, 7) is 20.6. The Morgan fingerprint density at radius 1 is 0.457 bits per heavy atom. The van der Waals surface area contributed by atoms with E-state index in [0.29, 0.717) is 69.6 Å². The summed E-state index contributed by atoms with van der Waals surface area (Å²) < 4.78 is 36.1. The van der Waals surface area contributed by atoms with Crippen LogP contribution in [0.3, 0.4) is 0 Å². The third-order valence-electron chi connectivity index (χ3n) is 6.84. The van der Waals surface area contributed by atoms with E-state index in [1.807, 2.05) is 0 Å². The molecule has 35 heavy (non-hydrogen) atoms. The maximum atomic E-state index is 6.25. The smallest absolute Gasteiger partial charge is 0.0840 e. The summed E-state index contributed by atoms with van der Waals surface area (Å²) in [5, 5.41) is 0. The summed E-state index contributed by atoms with van der Waals surface area (Å²) >= 11 is 0. The first kappa shape index (κ1) is 31.0. The molecule has 0 aromatic heterocycles. The van der Waals surface area contributed by atoms with E-state index < -0.39 is 0 Å². The predicted molar refractivity (Wildman–Crippen MR) is 141 cm³/mol. The quantitative estimate of drug-likeness (QED) is 0.404. The van der Waals surface area contributed by atoms with Crippen molar-refractivity contribution < 1.29 is 28.4 Å². The molecule has 2 aliphatic carbocycles. The van der Waals surface area contributed by atoms with Crippen molar-refractivity contribution >= 4 is 0 Å². The zero-order valence-electron chi connectivity index (χ0n) is 23.9. The Balaban J connectivity index is 0.000000784. The van der Waals surface area contributed by atoms with E-state index in [4.69, 9.17) is 28.4 Å². The van der Waals surface area contributed by atoms with Gasteiger partial charge in [-0.1, -0.05) is 61.3 Å². The third-order valence-corrected chi connectivity index (χ3v) is 6.84. The number of fused-ring (bicyclic) bond motifs is 2. The first-order valence-corrected chi connectivity index (χ1v) is 14.2. The van der Waals surface area contributed by atoms with Crippen molar-refractivity contribution in [2.45, 2.75) is 118 Å². The maximum absolute atomic E-state index is 6.25. The highest BCUT2D eigenvalue weighted by atomic mass is 16.6. The van der Waals surface area contributed by atoms with E-state index in [1.165, 1.54) is 19.3 Å². The van der Waals surface area contributed by atoms with Crippen molar-refractivity contribution in [1.82, 2.24) is 0 Å². The second kappa shape index (κ2) is 15.9. The minimum absolute atomic E-state index is 0.132. The largest absolute Gasteiger partial charge is 0.377 e. The van der Waals surface area contributed by atoms with Crippen LogP contribution in [0.15, 0.2) is 0 Å². The predicted octanol–water partition coefficient (Wildman–Crippen LogP) is 6.05. The average molecular weight is 501 g/mol. The van der Waals surface area contributed by atoms with Crippen LogP contribution in [0.1, 0.15) is 93.4 Å². The molecule has 3 aliphatic rings. The van der Waals surface area contributed by atoms with Gasteiger partial charge in [0.2, 0.25) is 0 Å². The maximum Gasteiger partial charge on any atom is 0.0840 e. The van der Waals surface area contributed by atoms with E-state index in [1.54, 1.807) is 0 Å². The van der Waals surface area contributed by atoms with E-state index in [-0.39, 0.29) is 24.4 Å². The highest BCUT2D eigenvalue weighted by molar-refractivity contribution is 4.87. The van der Waals surface area contributed by atoms with Crippen LogP contribution in [0.25, 0.3) is 0 Å². The van der Waals surface area contributed by atoms with Crippen LogP contribution < -0.4 is 0 Å². The van der Waals surface area contributed by atoms with Crippen LogP contribution in [0.2, 0.25) is 0 Å². The van der Waals surface area contributed by atoms with Crippen LogP contribution in [0.4, 0.5) is 0 Å². The minimum atomic E-state index is 0.132. The van der Waals surface area contributed by atoms with Crippen LogP contribution in [-0.4, -0.2) is 77.3 Å². The fraction of sp³-hybridized carbons (Fsp3) is 1.00. The average Bonchev–Trinajstić information content (AvgIpc) is 2.77. The SMILES string of the molecule is CC(C)(C)C.CC(C)(C)C1CCC2OCCOCCOC3CCCCC3OCCOCCOC2C1. The highest BCUT2D eigenvalue weighted by Gasteiger charge is 2.37. The zero-order chi connectivity index (χ0) is 25.7. The standard InChI is InChI=1S/C24H44O6.C5H12/c1-24(2,3)19-8-9-22-23(18-19)30-17-13-26-11-15-28-21-7-5-4-6-20(21)27-14-10-25-12-16-29-22;1-5(2,3)4/h19-23H,4-18H2,1-3H3;1-4H3. The molecule has 6 nitrogen and oxygen atoms in total. The Labute approximate surface area is 216 Å². The Kier molecular flexibility index (Phi) is 14.1. The second-order valence-corrected chi connectivity index (χ2v) is 13.0. The van der Waals surface area contributed by atoms with Crippen LogP contribution >= 0.6 is 0 Å². The van der Waals surface area contributed by atoms with Gasteiger partial charge in [-0.15, -0.1) is 0 Å². The Morgan fingerprint density at radius 3 is 1.23 bits per heavy atom. The molecular weight excluding hydrogens is 444 g/mol. The Bertz CT molecular complexity index is 534. The van der Waals surface area contributed by atoms with Crippen molar-refractivity contribution in [2.75, 3.05) is 52.9 Å². The first-order valence-electron chi connectivity index (χ1n) is 14.2. The van der Waals surface area contributed by atoms with Gasteiger partial charge in [0, 0.05) is 0 Å². The molecule has 5 atom stereocenters. The van der Waals surface area contributed by atoms with Crippen molar-refractivity contribution in [3.05, 3.63) is 0 Å². The summed E-state index contributed by atoms with van der Waals surface area (Å²) in [5.41, 5.74) is 0.800. The fourth-order valence-corrected chi connectivity index (χ4v) is 4.94. The topological polar surface area (TPSA) is 55.4 Å². The molecule has 0 radical (unpaired) electrons. The molecule has 6 heteroatoms. The molecule has 0 aromatic rings. The van der Waals surface area contributed by atoms with Gasteiger partial charge in [0.05, 0.1) is 77.3 Å². The van der Waals surface area contributed by atoms with Crippen LogP contribution in [0, 0.1) is 16.7 Å². The molecule has 3 rings (SSSR count). The normalized spacial score (nSPS) is 33.2. The Morgan fingerprint density at radius 2 is 0.829 bits per heavy atom. The fourth-order valence-electron chi connectivity index (χ4n) is 4.94. The van der Waals surface area contributed by atoms with Crippen LogP contribution in [0.5, 0.6) is 0 Å². The summed E-state index contributed by atoms with van der Waals surface area (Å²) in [6.07, 6.45) is 8.50. The summed E-state index contributed by atoms with van der Waals surface area (Å²) in [4.78, 5) is 0. The number of ether oxygens (including phenoxy) is 6. The molecule has 0 aromatic carbocycles. The van der Waals surface area contributed by atoms with Crippen molar-refractivity contribution in [3.63, 3.8) is 0 Å². The van der Waals surface area contributed by atoms with Crippen LogP contribution in [-0.2, 0) is 28.4 Å². The van der Waals surface area contributed by atoms with Gasteiger partial charge in [0.15, 0.2) is 0 Å². The van der Waals surface area contributed by atoms with Gasteiger partial charge >= 0.3 is 0 Å². The molecule has 5 unspecified atom stereocenters. The summed E-state index contributed by atoms with van der Waals surface area (Å²) in [6, 6.07) is 0. The summed E-state index contributed by atoms with van der Waals surface area (Å²) in [5.74, 6) is 0.659. The van der Waals surface area contributed by atoms with E-state index in [2.05, 4.69) is 48.5 Å². The third kappa shape index (κ3) is 13.8. The molecule has 1 saturated heterocycles. The van der Waals surface area contributed by atoms with E-state index >= 15 is 0 Å². The molecule has 2 saturated carbocycles. The summed E-state index contributed by atoms with van der Waals surface area (Å²) in [7, 11) is 0. The minimum Gasteiger partial charge on any atom is -0.377 e. The monoisotopic (exact) mass is 500 g/mol. The van der Waals surface area contributed by atoms with Gasteiger partial charge in [-0.3, -0.25) is 0 Å². The lowest BCUT2D eigenvalue weighted by atomic mass is 9.71. The zero-order valence-corrected chi connectivity index (χ0v) is 23.9. The van der Waals surface area contributed by atoms with Gasteiger partial charge in [0.25, 0.3) is 0 Å². The van der Waals surface area contributed by atoms with Crippen molar-refractivity contribution in [2.24, 2.45) is 16.7 Å². The van der Waals surface area contributed by atoms with Gasteiger partial charge in [-0.05, 0) is 48.9 Å². The van der Waals surface area contributed by atoms with Gasteiger partial charge in [0.1, 0.15) is 0 Å². The Hall–Kier alpha value is -0.240. The second-order valence-electron chi connectivity index (χ2n) is 13.0. The molecule has 0 spiro atoms. The van der Waals surface area contributed by atoms with Crippen molar-refractivity contribution in [3.8, 4) is 0 Å². The molecule has 1 aliphatic heterocycles.